The van der Waals surface area contributed by atoms with Crippen molar-refractivity contribution in [3.63, 3.8) is 0 Å². The van der Waals surface area contributed by atoms with Gasteiger partial charge in [-0.15, -0.1) is 0 Å². The highest BCUT2D eigenvalue weighted by Crippen LogP contribution is 2.25. The van der Waals surface area contributed by atoms with Crippen molar-refractivity contribution in [3.05, 3.63) is 23.9 Å². The second-order valence-corrected chi connectivity index (χ2v) is 4.42. The second kappa shape index (κ2) is 5.68. The Kier molecular flexibility index (Phi) is 3.99. The van der Waals surface area contributed by atoms with E-state index in [1.807, 2.05) is 0 Å². The number of aromatic nitrogens is 1. The molecule has 1 aliphatic rings. The van der Waals surface area contributed by atoms with Crippen LogP contribution in [0.5, 0.6) is 0 Å². The van der Waals surface area contributed by atoms with Crippen molar-refractivity contribution in [1.82, 2.24) is 4.98 Å². The van der Waals surface area contributed by atoms with Crippen LogP contribution in [0.1, 0.15) is 12.0 Å². The third-order valence-electron chi connectivity index (χ3n) is 3.16. The number of oxime groups is 1. The van der Waals surface area contributed by atoms with Crippen LogP contribution in [-0.4, -0.2) is 42.8 Å². The number of amidine groups is 1. The van der Waals surface area contributed by atoms with Gasteiger partial charge in [-0.3, -0.25) is 0 Å². The molecule has 1 aliphatic heterocycles. The molecule has 2 heterocycles. The van der Waals surface area contributed by atoms with Gasteiger partial charge in [-0.1, -0.05) is 5.16 Å². The Morgan fingerprint density at radius 1 is 1.72 bits per heavy atom. The SMILES string of the molecule is COCC1CCN(c2ncccc2/C(N)=N/O)C1. The molecule has 1 aromatic heterocycles. The van der Waals surface area contributed by atoms with E-state index in [4.69, 9.17) is 15.7 Å². The van der Waals surface area contributed by atoms with Crippen LogP contribution in [-0.2, 0) is 4.74 Å². The standard InChI is InChI=1S/C12H18N4O2/c1-18-8-9-4-6-16(7-9)12-10(11(13)15-17)3-2-5-14-12/h2-3,5,9,17H,4,6-8H2,1H3,(H2,13,15). The lowest BCUT2D eigenvalue weighted by atomic mass is 10.1. The number of anilines is 1. The molecular weight excluding hydrogens is 232 g/mol. The maximum Gasteiger partial charge on any atom is 0.173 e. The lowest BCUT2D eigenvalue weighted by molar-refractivity contribution is 0.161. The maximum atomic E-state index is 8.79. The molecule has 3 N–H and O–H groups in total. The van der Waals surface area contributed by atoms with Gasteiger partial charge >= 0.3 is 0 Å². The van der Waals surface area contributed by atoms with Crippen LogP contribution in [0.15, 0.2) is 23.5 Å². The normalized spacial score (nSPS) is 20.4. The van der Waals surface area contributed by atoms with Crippen LogP contribution in [0.2, 0.25) is 0 Å². The summed E-state index contributed by atoms with van der Waals surface area (Å²) in [6.07, 6.45) is 2.78. The highest BCUT2D eigenvalue weighted by molar-refractivity contribution is 6.01. The Hall–Kier alpha value is -1.82. The van der Waals surface area contributed by atoms with E-state index in [1.54, 1.807) is 25.4 Å². The summed E-state index contributed by atoms with van der Waals surface area (Å²) >= 11 is 0. The minimum Gasteiger partial charge on any atom is -0.409 e. The predicted molar refractivity (Wildman–Crippen MR) is 68.9 cm³/mol. The Labute approximate surface area is 106 Å². The summed E-state index contributed by atoms with van der Waals surface area (Å²) in [6.45, 7) is 2.55. The first-order chi connectivity index (χ1) is 8.76. The molecule has 6 heteroatoms. The van der Waals surface area contributed by atoms with Crippen LogP contribution in [0.4, 0.5) is 5.82 Å². The molecule has 0 radical (unpaired) electrons. The van der Waals surface area contributed by atoms with E-state index < -0.39 is 0 Å². The van der Waals surface area contributed by atoms with Crippen LogP contribution in [0, 0.1) is 5.92 Å². The average molecular weight is 250 g/mol. The fourth-order valence-corrected chi connectivity index (χ4v) is 2.30. The number of hydrogen-bond acceptors (Lipinski definition) is 5. The summed E-state index contributed by atoms with van der Waals surface area (Å²) in [7, 11) is 1.71. The number of ether oxygens (including phenoxy) is 1. The van der Waals surface area contributed by atoms with Crippen molar-refractivity contribution in [2.75, 3.05) is 31.7 Å². The first kappa shape index (κ1) is 12.6. The third-order valence-corrected chi connectivity index (χ3v) is 3.16. The second-order valence-electron chi connectivity index (χ2n) is 4.42. The molecular formula is C12H18N4O2. The molecule has 1 aromatic rings. The lowest BCUT2D eigenvalue weighted by Crippen LogP contribution is -2.26. The number of methoxy groups -OCH3 is 1. The molecule has 0 amide bonds. The van der Waals surface area contributed by atoms with E-state index in [0.717, 1.165) is 31.9 Å². The Morgan fingerprint density at radius 2 is 2.56 bits per heavy atom. The van der Waals surface area contributed by atoms with Crippen molar-refractivity contribution in [2.45, 2.75) is 6.42 Å². The summed E-state index contributed by atoms with van der Waals surface area (Å²) < 4.78 is 5.17. The van der Waals surface area contributed by atoms with E-state index in [2.05, 4.69) is 15.0 Å². The van der Waals surface area contributed by atoms with Crippen molar-refractivity contribution in [2.24, 2.45) is 16.8 Å². The van der Waals surface area contributed by atoms with Gasteiger partial charge in [0.15, 0.2) is 5.84 Å². The van der Waals surface area contributed by atoms with Gasteiger partial charge in [0.2, 0.25) is 0 Å². The predicted octanol–water partition coefficient (Wildman–Crippen LogP) is 0.649. The van der Waals surface area contributed by atoms with Crippen molar-refractivity contribution < 1.29 is 9.94 Å². The van der Waals surface area contributed by atoms with Crippen LogP contribution < -0.4 is 10.6 Å². The average Bonchev–Trinajstić information content (AvgIpc) is 2.87. The lowest BCUT2D eigenvalue weighted by Gasteiger charge is -2.20. The molecule has 18 heavy (non-hydrogen) atoms. The Morgan fingerprint density at radius 3 is 3.28 bits per heavy atom. The molecule has 1 fully saturated rings. The molecule has 2 rings (SSSR count). The third kappa shape index (κ3) is 2.53. The van der Waals surface area contributed by atoms with Gasteiger partial charge in [0.1, 0.15) is 5.82 Å². The van der Waals surface area contributed by atoms with Gasteiger partial charge in [0.05, 0.1) is 12.2 Å². The molecule has 1 saturated heterocycles. The molecule has 1 atom stereocenters. The fraction of sp³-hybridized carbons (Fsp3) is 0.500. The van der Waals surface area contributed by atoms with Crippen LogP contribution in [0.25, 0.3) is 0 Å². The van der Waals surface area contributed by atoms with Gasteiger partial charge in [-0.2, -0.15) is 0 Å². The zero-order valence-electron chi connectivity index (χ0n) is 10.4. The highest BCUT2D eigenvalue weighted by atomic mass is 16.5. The monoisotopic (exact) mass is 250 g/mol. The van der Waals surface area contributed by atoms with Crippen molar-refractivity contribution in [3.8, 4) is 0 Å². The summed E-state index contributed by atoms with van der Waals surface area (Å²) in [5.41, 5.74) is 6.33. The van der Waals surface area contributed by atoms with E-state index in [0.29, 0.717) is 11.5 Å². The summed E-state index contributed by atoms with van der Waals surface area (Å²) in [5.74, 6) is 1.37. The van der Waals surface area contributed by atoms with Gasteiger partial charge in [-0.05, 0) is 18.6 Å². The zero-order valence-corrected chi connectivity index (χ0v) is 10.4. The maximum absolute atomic E-state index is 8.79. The topological polar surface area (TPSA) is 84.0 Å². The summed E-state index contributed by atoms with van der Waals surface area (Å²) in [6, 6.07) is 3.58. The minimum absolute atomic E-state index is 0.0910. The van der Waals surface area contributed by atoms with E-state index in [9.17, 15) is 0 Å². The number of pyridine rings is 1. The molecule has 0 aromatic carbocycles. The summed E-state index contributed by atoms with van der Waals surface area (Å²) in [5, 5.41) is 11.8. The van der Waals surface area contributed by atoms with E-state index in [-0.39, 0.29) is 5.84 Å². The van der Waals surface area contributed by atoms with Crippen LogP contribution in [0.3, 0.4) is 0 Å². The highest BCUT2D eigenvalue weighted by Gasteiger charge is 2.25. The number of rotatable bonds is 4. The molecule has 0 bridgehead atoms. The minimum atomic E-state index is 0.0910. The van der Waals surface area contributed by atoms with Crippen molar-refractivity contribution in [1.29, 1.82) is 0 Å². The molecule has 98 valence electrons. The van der Waals surface area contributed by atoms with E-state index in [1.165, 1.54) is 0 Å². The molecule has 1 unspecified atom stereocenters. The first-order valence-corrected chi connectivity index (χ1v) is 5.93. The Bertz CT molecular complexity index is 436. The molecule has 0 saturated carbocycles. The van der Waals surface area contributed by atoms with Gasteiger partial charge in [-0.25, -0.2) is 4.98 Å². The van der Waals surface area contributed by atoms with Gasteiger partial charge < -0.3 is 20.6 Å². The number of hydrogen-bond donors (Lipinski definition) is 2. The smallest absolute Gasteiger partial charge is 0.173 e. The molecule has 6 nitrogen and oxygen atoms in total. The number of nitrogens with zero attached hydrogens (tertiary/aromatic N) is 3. The van der Waals surface area contributed by atoms with Crippen molar-refractivity contribution >= 4 is 11.7 Å². The molecule has 0 spiro atoms. The quantitative estimate of drug-likeness (QED) is 0.355. The van der Waals surface area contributed by atoms with Crippen LogP contribution >= 0.6 is 0 Å². The van der Waals surface area contributed by atoms with Gasteiger partial charge in [0.25, 0.3) is 0 Å². The first-order valence-electron chi connectivity index (χ1n) is 5.93. The zero-order chi connectivity index (χ0) is 13.0. The fourth-order valence-electron chi connectivity index (χ4n) is 2.30. The summed E-state index contributed by atoms with van der Waals surface area (Å²) in [4.78, 5) is 6.49. The van der Waals surface area contributed by atoms with Gasteiger partial charge in [0, 0.05) is 32.3 Å². The Balaban J connectivity index is 2.19. The molecule has 0 aliphatic carbocycles. The van der Waals surface area contributed by atoms with E-state index >= 15 is 0 Å². The number of nitrogens with two attached hydrogens (primary N) is 1. The largest absolute Gasteiger partial charge is 0.409 e.